The highest BCUT2D eigenvalue weighted by molar-refractivity contribution is 5.91. The number of aliphatic hydroxyl groups excluding tert-OH is 1. The third kappa shape index (κ3) is 6.32. The summed E-state index contributed by atoms with van der Waals surface area (Å²) in [5, 5.41) is 18.2. The van der Waals surface area contributed by atoms with E-state index in [0.717, 1.165) is 5.56 Å². The molecule has 0 radical (unpaired) electrons. The summed E-state index contributed by atoms with van der Waals surface area (Å²) in [6.07, 6.45) is 2.42. The van der Waals surface area contributed by atoms with Gasteiger partial charge in [-0.25, -0.2) is 4.79 Å². The van der Waals surface area contributed by atoms with Crippen LogP contribution in [0.1, 0.15) is 24.9 Å². The molecule has 0 fully saturated rings. The molecular weight excluding hydrogens is 410 g/mol. The zero-order valence-corrected chi connectivity index (χ0v) is 18.2. The fraction of sp³-hybridized carbons (Fsp3) is 0.333. The Morgan fingerprint density at radius 2 is 1.81 bits per heavy atom. The van der Waals surface area contributed by atoms with E-state index in [1.165, 1.54) is 7.11 Å². The lowest BCUT2D eigenvalue weighted by molar-refractivity contribution is -0.125. The van der Waals surface area contributed by atoms with Gasteiger partial charge in [-0.3, -0.25) is 4.79 Å². The molecule has 1 heterocycles. The molecule has 0 saturated heterocycles. The second-order valence-corrected chi connectivity index (χ2v) is 7.51. The molecule has 4 N–H and O–H groups in total. The highest BCUT2D eigenvalue weighted by Crippen LogP contribution is 2.23. The molecule has 2 aromatic rings. The predicted molar refractivity (Wildman–Crippen MR) is 121 cm³/mol. The fourth-order valence-corrected chi connectivity index (χ4v) is 3.50. The van der Waals surface area contributed by atoms with Crippen LogP contribution in [0.15, 0.2) is 66.7 Å². The van der Waals surface area contributed by atoms with Gasteiger partial charge in [-0.2, -0.15) is 0 Å². The first-order valence-corrected chi connectivity index (χ1v) is 10.5. The van der Waals surface area contributed by atoms with Crippen molar-refractivity contribution in [2.24, 2.45) is 0 Å². The number of nitrogens with one attached hydrogen (secondary N) is 3. The summed E-state index contributed by atoms with van der Waals surface area (Å²) in [5.41, 5.74) is 1.54. The number of urea groups is 1. The van der Waals surface area contributed by atoms with Crippen LogP contribution in [0.2, 0.25) is 0 Å². The zero-order chi connectivity index (χ0) is 22.9. The lowest BCUT2D eigenvalue weighted by Gasteiger charge is -2.32. The third-order valence-corrected chi connectivity index (χ3v) is 5.18. The molecule has 4 atom stereocenters. The van der Waals surface area contributed by atoms with Gasteiger partial charge in [-0.05, 0) is 24.6 Å². The quantitative estimate of drug-likeness (QED) is 0.473. The molecule has 32 heavy (non-hydrogen) atoms. The van der Waals surface area contributed by atoms with Crippen molar-refractivity contribution in [2.45, 2.75) is 37.6 Å². The number of hydrogen-bond acceptors (Lipinski definition) is 5. The first-order valence-electron chi connectivity index (χ1n) is 10.5. The summed E-state index contributed by atoms with van der Waals surface area (Å²) in [5.74, 6) is 0.376. The van der Waals surface area contributed by atoms with Crippen molar-refractivity contribution in [3.63, 3.8) is 0 Å². The maximum atomic E-state index is 12.4. The summed E-state index contributed by atoms with van der Waals surface area (Å²) in [6.45, 7) is 1.62. The molecule has 0 spiro atoms. The number of anilines is 1. The Morgan fingerprint density at radius 3 is 2.53 bits per heavy atom. The molecule has 0 saturated carbocycles. The fourth-order valence-electron chi connectivity index (χ4n) is 3.50. The SMILES string of the molecule is COc1ccccc1NC(=O)N[C@H]1C=C[C@@H](CC(=O)N[C@H](C)c2ccccc2)O[C@H]1CO. The Bertz CT molecular complexity index is 934. The zero-order valence-electron chi connectivity index (χ0n) is 18.2. The summed E-state index contributed by atoms with van der Waals surface area (Å²) in [6, 6.07) is 15.6. The third-order valence-electron chi connectivity index (χ3n) is 5.18. The van der Waals surface area contributed by atoms with Gasteiger partial charge in [0.1, 0.15) is 11.9 Å². The number of amides is 3. The Hall–Kier alpha value is -3.36. The van der Waals surface area contributed by atoms with E-state index >= 15 is 0 Å². The standard InChI is InChI=1S/C24H29N3O5/c1-16(17-8-4-3-5-9-17)25-23(29)14-18-12-13-20(22(15-28)32-18)27-24(30)26-19-10-6-7-11-21(19)31-2/h3-13,16,18,20,22,28H,14-15H2,1-2H3,(H,25,29)(H2,26,27,30)/t16-,18+,20+,22+/m1/s1. The molecule has 1 aliphatic rings. The first-order chi connectivity index (χ1) is 15.5. The lowest BCUT2D eigenvalue weighted by Crippen LogP contribution is -2.50. The van der Waals surface area contributed by atoms with Crippen LogP contribution < -0.4 is 20.7 Å². The summed E-state index contributed by atoms with van der Waals surface area (Å²) >= 11 is 0. The van der Waals surface area contributed by atoms with E-state index < -0.39 is 24.3 Å². The molecule has 8 heteroatoms. The molecular formula is C24H29N3O5. The molecule has 1 aliphatic heterocycles. The normalized spacial score (nSPS) is 20.8. The van der Waals surface area contributed by atoms with Crippen molar-refractivity contribution >= 4 is 17.6 Å². The van der Waals surface area contributed by atoms with E-state index in [4.69, 9.17) is 9.47 Å². The van der Waals surface area contributed by atoms with Crippen molar-refractivity contribution in [1.82, 2.24) is 10.6 Å². The van der Waals surface area contributed by atoms with Gasteiger partial charge < -0.3 is 30.5 Å². The lowest BCUT2D eigenvalue weighted by atomic mass is 10.0. The number of carbonyl (C=O) groups is 2. The second kappa shape index (κ2) is 11.3. The Morgan fingerprint density at radius 1 is 1.09 bits per heavy atom. The minimum absolute atomic E-state index is 0.115. The van der Waals surface area contributed by atoms with Gasteiger partial charge in [0, 0.05) is 0 Å². The molecule has 3 rings (SSSR count). The van der Waals surface area contributed by atoms with Gasteiger partial charge in [0.15, 0.2) is 0 Å². The largest absolute Gasteiger partial charge is 0.495 e. The minimum Gasteiger partial charge on any atom is -0.495 e. The van der Waals surface area contributed by atoms with Crippen LogP contribution >= 0.6 is 0 Å². The van der Waals surface area contributed by atoms with E-state index in [1.807, 2.05) is 37.3 Å². The first kappa shape index (κ1) is 23.3. The smallest absolute Gasteiger partial charge is 0.319 e. The van der Waals surface area contributed by atoms with E-state index in [2.05, 4.69) is 16.0 Å². The van der Waals surface area contributed by atoms with Crippen LogP contribution in [-0.2, 0) is 9.53 Å². The topological polar surface area (TPSA) is 109 Å². The van der Waals surface area contributed by atoms with Crippen LogP contribution in [-0.4, -0.2) is 49.0 Å². The van der Waals surface area contributed by atoms with E-state index in [-0.39, 0.29) is 25.0 Å². The van der Waals surface area contributed by atoms with E-state index in [9.17, 15) is 14.7 Å². The van der Waals surface area contributed by atoms with Gasteiger partial charge in [0.2, 0.25) is 5.91 Å². The number of benzene rings is 2. The number of rotatable bonds is 8. The maximum absolute atomic E-state index is 12.4. The Labute approximate surface area is 187 Å². The predicted octanol–water partition coefficient (Wildman–Crippen LogP) is 2.77. The highest BCUT2D eigenvalue weighted by Gasteiger charge is 2.29. The summed E-state index contributed by atoms with van der Waals surface area (Å²) in [7, 11) is 1.52. The van der Waals surface area contributed by atoms with Crippen LogP contribution in [0.4, 0.5) is 10.5 Å². The maximum Gasteiger partial charge on any atom is 0.319 e. The van der Waals surface area contributed by atoms with Gasteiger partial charge in [0.05, 0.1) is 44.0 Å². The van der Waals surface area contributed by atoms with Gasteiger partial charge in [-0.1, -0.05) is 54.6 Å². The molecule has 3 amide bonds. The van der Waals surface area contributed by atoms with Gasteiger partial charge in [0.25, 0.3) is 0 Å². The van der Waals surface area contributed by atoms with Gasteiger partial charge >= 0.3 is 6.03 Å². The number of methoxy groups -OCH3 is 1. The molecule has 0 aliphatic carbocycles. The minimum atomic E-state index is -0.673. The van der Waals surface area contributed by atoms with Crippen molar-refractivity contribution in [1.29, 1.82) is 0 Å². The molecule has 0 unspecified atom stereocenters. The summed E-state index contributed by atoms with van der Waals surface area (Å²) in [4.78, 5) is 24.8. The van der Waals surface area contributed by atoms with Crippen molar-refractivity contribution < 1.29 is 24.2 Å². The second-order valence-electron chi connectivity index (χ2n) is 7.51. The molecule has 0 bridgehead atoms. The van der Waals surface area contributed by atoms with Crippen molar-refractivity contribution in [3.05, 3.63) is 72.3 Å². The van der Waals surface area contributed by atoms with Crippen LogP contribution in [0.5, 0.6) is 5.75 Å². The van der Waals surface area contributed by atoms with Crippen molar-refractivity contribution in [3.8, 4) is 5.75 Å². The van der Waals surface area contributed by atoms with Crippen molar-refractivity contribution in [2.75, 3.05) is 19.0 Å². The van der Waals surface area contributed by atoms with Crippen LogP contribution in [0.3, 0.4) is 0 Å². The Kier molecular flexibility index (Phi) is 8.24. The Balaban J connectivity index is 1.53. The van der Waals surface area contributed by atoms with E-state index in [1.54, 1.807) is 36.4 Å². The molecule has 2 aromatic carbocycles. The number of aliphatic hydroxyl groups is 1. The number of hydrogen-bond donors (Lipinski definition) is 4. The molecule has 8 nitrogen and oxygen atoms in total. The van der Waals surface area contributed by atoms with E-state index in [0.29, 0.717) is 11.4 Å². The van der Waals surface area contributed by atoms with Gasteiger partial charge in [-0.15, -0.1) is 0 Å². The van der Waals surface area contributed by atoms with Crippen LogP contribution in [0.25, 0.3) is 0 Å². The molecule has 170 valence electrons. The summed E-state index contributed by atoms with van der Waals surface area (Å²) < 4.78 is 11.1. The molecule has 0 aromatic heterocycles. The number of carbonyl (C=O) groups excluding carboxylic acids is 2. The number of para-hydroxylation sites is 2. The average molecular weight is 440 g/mol. The average Bonchev–Trinajstić information content (AvgIpc) is 2.80. The monoisotopic (exact) mass is 439 g/mol. The highest BCUT2D eigenvalue weighted by atomic mass is 16.5. The number of ether oxygens (including phenoxy) is 2. The van der Waals surface area contributed by atoms with Crippen LogP contribution in [0, 0.1) is 0 Å².